The number of rotatable bonds is 4. The Labute approximate surface area is 118 Å². The summed E-state index contributed by atoms with van der Waals surface area (Å²) in [6.45, 7) is -0.326. The number of carboxylic acids is 1. The minimum atomic E-state index is -1.06. The first kappa shape index (κ1) is 14.1. The number of carboxylic acid groups (broad SMARTS) is 1. The van der Waals surface area contributed by atoms with E-state index in [-0.39, 0.29) is 22.9 Å². The molecule has 0 radical (unpaired) electrons. The summed E-state index contributed by atoms with van der Waals surface area (Å²) in [5, 5.41) is 11.3. The molecule has 0 spiro atoms. The zero-order valence-corrected chi connectivity index (χ0v) is 10.9. The van der Waals surface area contributed by atoms with Crippen LogP contribution in [0.1, 0.15) is 10.5 Å². The molecule has 1 aromatic carbocycles. The lowest BCUT2D eigenvalue weighted by molar-refractivity contribution is -0.137. The minimum absolute atomic E-state index is 0.0645. The van der Waals surface area contributed by atoms with Gasteiger partial charge in [0.1, 0.15) is 18.1 Å². The lowest BCUT2D eigenvalue weighted by atomic mass is 10.3. The summed E-state index contributed by atoms with van der Waals surface area (Å²) in [6.07, 6.45) is 1.48. The number of nitrogens with one attached hydrogen (secondary N) is 1. The van der Waals surface area contributed by atoms with Crippen molar-refractivity contribution >= 4 is 29.2 Å². The number of amides is 1. The van der Waals surface area contributed by atoms with Gasteiger partial charge in [-0.05, 0) is 30.3 Å². The average molecular weight is 297 g/mol. The Hall–Kier alpha value is -2.34. The molecule has 0 atom stereocenters. The molecule has 2 rings (SSSR count). The maximum Gasteiger partial charge on any atom is 0.323 e. The summed E-state index contributed by atoms with van der Waals surface area (Å²) in [4.78, 5) is 22.7. The molecule has 2 aromatic rings. The molecule has 0 unspecified atom stereocenters. The number of benzene rings is 1. The van der Waals surface area contributed by atoms with Crippen molar-refractivity contribution in [3.05, 3.63) is 53.1 Å². The fraction of sp³-hybridized carbons (Fsp3) is 0.0769. The maximum atomic E-state index is 12.9. The van der Waals surface area contributed by atoms with Gasteiger partial charge in [0.2, 0.25) is 0 Å². The average Bonchev–Trinajstić information content (AvgIpc) is 2.80. The zero-order valence-electron chi connectivity index (χ0n) is 10.1. The van der Waals surface area contributed by atoms with E-state index < -0.39 is 17.7 Å². The van der Waals surface area contributed by atoms with E-state index in [0.29, 0.717) is 0 Å². The minimum Gasteiger partial charge on any atom is -0.480 e. The summed E-state index contributed by atoms with van der Waals surface area (Å²) >= 11 is 5.80. The molecule has 20 heavy (non-hydrogen) atoms. The van der Waals surface area contributed by atoms with Crippen molar-refractivity contribution in [1.82, 2.24) is 4.57 Å². The first-order valence-electron chi connectivity index (χ1n) is 5.60. The van der Waals surface area contributed by atoms with Gasteiger partial charge in [-0.25, -0.2) is 4.39 Å². The fourth-order valence-electron chi connectivity index (χ4n) is 1.68. The molecule has 7 heteroatoms. The highest BCUT2D eigenvalue weighted by Crippen LogP contribution is 2.23. The van der Waals surface area contributed by atoms with E-state index in [0.717, 1.165) is 12.1 Å². The zero-order chi connectivity index (χ0) is 14.7. The lowest BCUT2D eigenvalue weighted by Crippen LogP contribution is -2.19. The molecule has 0 aliphatic rings. The van der Waals surface area contributed by atoms with E-state index in [9.17, 15) is 14.0 Å². The molecule has 1 amide bonds. The van der Waals surface area contributed by atoms with E-state index in [1.807, 2.05) is 0 Å². The number of carbonyl (C=O) groups is 2. The molecule has 0 aliphatic carbocycles. The number of hydrogen-bond donors (Lipinski definition) is 2. The lowest BCUT2D eigenvalue weighted by Gasteiger charge is -2.09. The predicted octanol–water partition coefficient (Wildman–Crippen LogP) is 2.62. The molecule has 0 saturated heterocycles. The molecule has 1 heterocycles. The van der Waals surface area contributed by atoms with E-state index in [1.165, 1.54) is 22.9 Å². The van der Waals surface area contributed by atoms with Crippen LogP contribution in [0.3, 0.4) is 0 Å². The van der Waals surface area contributed by atoms with E-state index in [2.05, 4.69) is 5.32 Å². The second-order valence-corrected chi connectivity index (χ2v) is 4.40. The van der Waals surface area contributed by atoms with Crippen molar-refractivity contribution in [2.24, 2.45) is 0 Å². The van der Waals surface area contributed by atoms with Crippen molar-refractivity contribution < 1.29 is 19.1 Å². The monoisotopic (exact) mass is 296 g/mol. The Morgan fingerprint density at radius 3 is 2.75 bits per heavy atom. The van der Waals surface area contributed by atoms with Gasteiger partial charge in [0.15, 0.2) is 0 Å². The molecular weight excluding hydrogens is 287 g/mol. The van der Waals surface area contributed by atoms with Gasteiger partial charge in [0.05, 0.1) is 10.7 Å². The van der Waals surface area contributed by atoms with E-state index in [4.69, 9.17) is 16.7 Å². The molecule has 5 nitrogen and oxygen atoms in total. The van der Waals surface area contributed by atoms with Crippen LogP contribution in [0, 0.1) is 5.82 Å². The number of halogens is 2. The van der Waals surface area contributed by atoms with Crippen LogP contribution in [0.4, 0.5) is 10.1 Å². The number of anilines is 1. The number of nitrogens with zero attached hydrogens (tertiary/aromatic N) is 1. The van der Waals surface area contributed by atoms with E-state index in [1.54, 1.807) is 6.07 Å². The fourth-order valence-corrected chi connectivity index (χ4v) is 1.90. The van der Waals surface area contributed by atoms with Crippen LogP contribution in [0.25, 0.3) is 0 Å². The molecule has 0 aliphatic heterocycles. The Morgan fingerprint density at radius 2 is 2.10 bits per heavy atom. The van der Waals surface area contributed by atoms with Crippen LogP contribution < -0.4 is 5.32 Å². The van der Waals surface area contributed by atoms with Gasteiger partial charge in [-0.2, -0.15) is 0 Å². The number of hydrogen-bond acceptors (Lipinski definition) is 2. The molecule has 0 fully saturated rings. The van der Waals surface area contributed by atoms with Crippen molar-refractivity contribution in [1.29, 1.82) is 0 Å². The molecule has 2 N–H and O–H groups in total. The highest BCUT2D eigenvalue weighted by molar-refractivity contribution is 6.33. The van der Waals surface area contributed by atoms with Crippen molar-refractivity contribution in [2.45, 2.75) is 6.54 Å². The van der Waals surface area contributed by atoms with Gasteiger partial charge in [-0.3, -0.25) is 9.59 Å². The van der Waals surface area contributed by atoms with Crippen LogP contribution in [-0.2, 0) is 11.3 Å². The normalized spacial score (nSPS) is 10.3. The van der Waals surface area contributed by atoms with Crippen molar-refractivity contribution in [2.75, 3.05) is 5.32 Å². The van der Waals surface area contributed by atoms with Crippen LogP contribution in [0.2, 0.25) is 5.02 Å². The molecule has 0 saturated carbocycles. The van der Waals surface area contributed by atoms with Crippen LogP contribution in [0.15, 0.2) is 36.5 Å². The summed E-state index contributed by atoms with van der Waals surface area (Å²) in [5.41, 5.74) is 0.425. The Kier molecular flexibility index (Phi) is 4.05. The number of aromatic nitrogens is 1. The second-order valence-electron chi connectivity index (χ2n) is 3.99. The van der Waals surface area contributed by atoms with E-state index >= 15 is 0 Å². The van der Waals surface area contributed by atoms with Crippen LogP contribution >= 0.6 is 11.6 Å². The van der Waals surface area contributed by atoms with Crippen LogP contribution in [0.5, 0.6) is 0 Å². The highest BCUT2D eigenvalue weighted by Gasteiger charge is 2.14. The smallest absolute Gasteiger partial charge is 0.323 e. The van der Waals surface area contributed by atoms with Crippen molar-refractivity contribution in [3.8, 4) is 0 Å². The molecular formula is C13H10ClFN2O3. The topological polar surface area (TPSA) is 71.3 Å². The van der Waals surface area contributed by atoms with Gasteiger partial charge in [-0.15, -0.1) is 0 Å². The summed E-state index contributed by atoms with van der Waals surface area (Å²) in [6, 6.07) is 6.62. The second kappa shape index (κ2) is 5.75. The third-order valence-corrected chi connectivity index (χ3v) is 2.86. The first-order chi connectivity index (χ1) is 9.47. The van der Waals surface area contributed by atoms with Gasteiger partial charge in [0, 0.05) is 6.20 Å². The standard InChI is InChI=1S/C13H10ClFN2O3/c14-9-6-8(15)3-4-10(9)16-13(20)11-2-1-5-17(11)7-12(18)19/h1-6H,7H2,(H,16,20)(H,18,19). The van der Waals surface area contributed by atoms with Gasteiger partial charge >= 0.3 is 5.97 Å². The number of carbonyl (C=O) groups excluding carboxylic acids is 1. The van der Waals surface area contributed by atoms with Gasteiger partial charge in [-0.1, -0.05) is 11.6 Å². The van der Waals surface area contributed by atoms with Gasteiger partial charge < -0.3 is 15.0 Å². The third-order valence-electron chi connectivity index (χ3n) is 2.55. The van der Waals surface area contributed by atoms with Crippen molar-refractivity contribution in [3.63, 3.8) is 0 Å². The van der Waals surface area contributed by atoms with Gasteiger partial charge in [0.25, 0.3) is 5.91 Å². The largest absolute Gasteiger partial charge is 0.480 e. The highest BCUT2D eigenvalue weighted by atomic mass is 35.5. The Morgan fingerprint density at radius 1 is 1.35 bits per heavy atom. The number of aliphatic carboxylic acids is 1. The molecule has 1 aromatic heterocycles. The third kappa shape index (κ3) is 3.16. The SMILES string of the molecule is O=C(O)Cn1cccc1C(=O)Nc1ccc(F)cc1Cl. The summed E-state index contributed by atoms with van der Waals surface area (Å²) in [5.74, 6) is -2.10. The molecule has 104 valence electrons. The molecule has 0 bridgehead atoms. The summed E-state index contributed by atoms with van der Waals surface area (Å²) < 4.78 is 14.2. The van der Waals surface area contributed by atoms with Crippen LogP contribution in [-0.4, -0.2) is 21.6 Å². The first-order valence-corrected chi connectivity index (χ1v) is 5.98. The Balaban J connectivity index is 2.20. The summed E-state index contributed by atoms with van der Waals surface area (Å²) in [7, 11) is 0. The predicted molar refractivity (Wildman–Crippen MR) is 71.4 cm³/mol. The quantitative estimate of drug-likeness (QED) is 0.911. The maximum absolute atomic E-state index is 12.9. The Bertz CT molecular complexity index is 669.